The van der Waals surface area contributed by atoms with Crippen molar-refractivity contribution in [1.82, 2.24) is 24.9 Å². The molecular formula is C21H20FN7O. The molecule has 1 aromatic carbocycles. The molecule has 1 fully saturated rings. The summed E-state index contributed by atoms with van der Waals surface area (Å²) in [5.74, 6) is 1.07. The highest BCUT2D eigenvalue weighted by atomic mass is 19.1. The Morgan fingerprint density at radius 2 is 2.10 bits per heavy atom. The number of hydrogen-bond acceptors (Lipinski definition) is 6. The van der Waals surface area contributed by atoms with E-state index in [1.807, 2.05) is 30.0 Å². The van der Waals surface area contributed by atoms with Gasteiger partial charge in [-0.25, -0.2) is 14.4 Å². The number of fused-ring (bicyclic) bond motifs is 2. The van der Waals surface area contributed by atoms with Crippen molar-refractivity contribution in [1.29, 1.82) is 0 Å². The lowest BCUT2D eigenvalue weighted by molar-refractivity contribution is -0.120. The minimum atomic E-state index is -0.339. The van der Waals surface area contributed by atoms with Crippen LogP contribution in [0.15, 0.2) is 48.8 Å². The molecule has 9 heteroatoms. The smallest absolute Gasteiger partial charge is 0.239 e. The predicted octanol–water partition coefficient (Wildman–Crippen LogP) is 2.53. The van der Waals surface area contributed by atoms with Crippen LogP contribution < -0.4 is 15.5 Å². The van der Waals surface area contributed by atoms with Gasteiger partial charge in [0.15, 0.2) is 5.65 Å². The molecule has 0 bridgehead atoms. The van der Waals surface area contributed by atoms with Gasteiger partial charge in [-0.1, -0.05) is 0 Å². The van der Waals surface area contributed by atoms with Gasteiger partial charge in [0.05, 0.1) is 24.3 Å². The monoisotopic (exact) mass is 405 g/mol. The van der Waals surface area contributed by atoms with Gasteiger partial charge in [0.2, 0.25) is 5.91 Å². The second-order valence-corrected chi connectivity index (χ2v) is 7.31. The number of piperazine rings is 1. The highest BCUT2D eigenvalue weighted by Gasteiger charge is 2.24. The number of carbonyl (C=O) groups is 1. The van der Waals surface area contributed by atoms with Crippen LogP contribution in [0.5, 0.6) is 0 Å². The van der Waals surface area contributed by atoms with E-state index in [0.29, 0.717) is 24.4 Å². The molecule has 4 aromatic rings. The van der Waals surface area contributed by atoms with Crippen molar-refractivity contribution in [3.63, 3.8) is 0 Å². The number of nitrogens with one attached hydrogen (secondary N) is 2. The lowest BCUT2D eigenvalue weighted by Gasteiger charge is -2.31. The highest BCUT2D eigenvalue weighted by Crippen LogP contribution is 2.31. The number of amides is 1. The minimum Gasteiger partial charge on any atom is -0.363 e. The molecule has 2 N–H and O–H groups in total. The normalized spacial score (nSPS) is 15.4. The van der Waals surface area contributed by atoms with Gasteiger partial charge in [0.25, 0.3) is 0 Å². The van der Waals surface area contributed by atoms with Gasteiger partial charge in [-0.2, -0.15) is 9.61 Å². The third-order valence-corrected chi connectivity index (χ3v) is 5.25. The van der Waals surface area contributed by atoms with Crippen LogP contribution in [0, 0.1) is 5.82 Å². The molecule has 1 saturated heterocycles. The third-order valence-electron chi connectivity index (χ3n) is 5.25. The van der Waals surface area contributed by atoms with Crippen LogP contribution in [0.25, 0.3) is 16.6 Å². The van der Waals surface area contributed by atoms with Crippen LogP contribution in [-0.2, 0) is 4.79 Å². The summed E-state index contributed by atoms with van der Waals surface area (Å²) in [6.45, 7) is 3.42. The molecule has 1 aliphatic rings. The SMILES string of the molecule is C[C@H](Nc1ccnc2ccnn12)c1cc2ccc(F)cc2nc1N1CCNC(=O)C1. The zero-order chi connectivity index (χ0) is 20.7. The molecule has 0 spiro atoms. The van der Waals surface area contributed by atoms with E-state index in [2.05, 4.69) is 20.7 Å². The molecule has 30 heavy (non-hydrogen) atoms. The Morgan fingerprint density at radius 3 is 2.97 bits per heavy atom. The van der Waals surface area contributed by atoms with E-state index in [4.69, 9.17) is 4.98 Å². The van der Waals surface area contributed by atoms with Crippen molar-refractivity contribution in [2.75, 3.05) is 29.9 Å². The van der Waals surface area contributed by atoms with Gasteiger partial charge in [-0.15, -0.1) is 0 Å². The van der Waals surface area contributed by atoms with Crippen LogP contribution in [0.3, 0.4) is 0 Å². The number of halogens is 1. The van der Waals surface area contributed by atoms with Crippen molar-refractivity contribution in [2.45, 2.75) is 13.0 Å². The quantitative estimate of drug-likeness (QED) is 0.543. The summed E-state index contributed by atoms with van der Waals surface area (Å²) >= 11 is 0. The zero-order valence-electron chi connectivity index (χ0n) is 16.3. The molecule has 0 unspecified atom stereocenters. The number of aromatic nitrogens is 4. The molecule has 1 amide bonds. The number of pyridine rings is 1. The van der Waals surface area contributed by atoms with Crippen molar-refractivity contribution < 1.29 is 9.18 Å². The molecule has 3 aromatic heterocycles. The van der Waals surface area contributed by atoms with Crippen molar-refractivity contribution in [3.8, 4) is 0 Å². The Hall–Kier alpha value is -3.75. The number of rotatable bonds is 4. The number of nitrogens with zero attached hydrogens (tertiary/aromatic N) is 5. The summed E-state index contributed by atoms with van der Waals surface area (Å²) < 4.78 is 15.5. The Kier molecular flexibility index (Phi) is 4.42. The van der Waals surface area contributed by atoms with E-state index in [9.17, 15) is 9.18 Å². The van der Waals surface area contributed by atoms with Crippen molar-refractivity contribution in [2.24, 2.45) is 0 Å². The van der Waals surface area contributed by atoms with Crippen LogP contribution >= 0.6 is 0 Å². The number of hydrogen-bond donors (Lipinski definition) is 2. The number of carbonyl (C=O) groups excluding carboxylic acids is 1. The lowest BCUT2D eigenvalue weighted by atomic mass is 10.0. The first-order valence-electron chi connectivity index (χ1n) is 9.75. The molecule has 4 heterocycles. The van der Waals surface area contributed by atoms with Gasteiger partial charge in [-0.3, -0.25) is 4.79 Å². The standard InChI is InChI=1S/C21H20FN7O/c1-13(26-19-4-6-23-18-5-7-25-29(18)19)16-10-14-2-3-15(22)11-17(14)27-21(16)28-9-8-24-20(30)12-28/h2-7,10-11,13,26H,8-9,12H2,1H3,(H,24,30)/t13-/m0/s1. The minimum absolute atomic E-state index is 0.0543. The maximum Gasteiger partial charge on any atom is 0.239 e. The van der Waals surface area contributed by atoms with E-state index in [0.717, 1.165) is 22.4 Å². The molecule has 0 aliphatic carbocycles. The molecule has 8 nitrogen and oxygen atoms in total. The number of anilines is 2. The predicted molar refractivity (Wildman–Crippen MR) is 112 cm³/mol. The molecule has 5 rings (SSSR count). The first-order valence-corrected chi connectivity index (χ1v) is 9.75. The average molecular weight is 405 g/mol. The second kappa shape index (κ2) is 7.25. The summed E-state index contributed by atoms with van der Waals surface area (Å²) in [6.07, 6.45) is 3.42. The van der Waals surface area contributed by atoms with Crippen molar-refractivity contribution in [3.05, 3.63) is 60.2 Å². The van der Waals surface area contributed by atoms with Crippen molar-refractivity contribution >= 4 is 34.1 Å². The average Bonchev–Trinajstić information content (AvgIpc) is 3.22. The summed E-state index contributed by atoms with van der Waals surface area (Å²) in [6, 6.07) is 10.1. The van der Waals surface area contributed by atoms with Gasteiger partial charge < -0.3 is 15.5 Å². The summed E-state index contributed by atoms with van der Waals surface area (Å²) in [7, 11) is 0. The van der Waals surface area contributed by atoms with Gasteiger partial charge in [0.1, 0.15) is 17.5 Å². The van der Waals surface area contributed by atoms with Crippen LogP contribution in [0.2, 0.25) is 0 Å². The van der Waals surface area contributed by atoms with Crippen LogP contribution in [-0.4, -0.2) is 45.1 Å². The van der Waals surface area contributed by atoms with Gasteiger partial charge >= 0.3 is 0 Å². The van der Waals surface area contributed by atoms with Crippen LogP contribution in [0.1, 0.15) is 18.5 Å². The van der Waals surface area contributed by atoms with E-state index in [1.165, 1.54) is 12.1 Å². The zero-order valence-corrected chi connectivity index (χ0v) is 16.3. The first kappa shape index (κ1) is 18.3. The first-order chi connectivity index (χ1) is 14.6. The lowest BCUT2D eigenvalue weighted by Crippen LogP contribution is -2.48. The fourth-order valence-electron chi connectivity index (χ4n) is 3.78. The number of benzene rings is 1. The Labute approximate surface area is 171 Å². The Morgan fingerprint density at radius 1 is 1.20 bits per heavy atom. The topological polar surface area (TPSA) is 87.4 Å². The maximum atomic E-state index is 13.8. The largest absolute Gasteiger partial charge is 0.363 e. The van der Waals surface area contributed by atoms with E-state index >= 15 is 0 Å². The fourth-order valence-corrected chi connectivity index (χ4v) is 3.78. The molecule has 1 atom stereocenters. The van der Waals surface area contributed by atoms with E-state index in [-0.39, 0.29) is 24.3 Å². The molecule has 1 aliphatic heterocycles. The molecular weight excluding hydrogens is 385 g/mol. The summed E-state index contributed by atoms with van der Waals surface area (Å²) in [4.78, 5) is 22.9. The summed E-state index contributed by atoms with van der Waals surface area (Å²) in [5.41, 5.74) is 2.22. The van der Waals surface area contributed by atoms with Crippen LogP contribution in [0.4, 0.5) is 16.0 Å². The van der Waals surface area contributed by atoms with E-state index < -0.39 is 0 Å². The third kappa shape index (κ3) is 3.28. The molecule has 152 valence electrons. The van der Waals surface area contributed by atoms with Gasteiger partial charge in [-0.05, 0) is 31.2 Å². The maximum absolute atomic E-state index is 13.8. The summed E-state index contributed by atoms with van der Waals surface area (Å²) in [5, 5.41) is 11.5. The van der Waals surface area contributed by atoms with Gasteiger partial charge in [0, 0.05) is 42.4 Å². The second-order valence-electron chi connectivity index (χ2n) is 7.31. The fraction of sp³-hybridized carbons (Fsp3) is 0.238. The molecule has 0 radical (unpaired) electrons. The highest BCUT2D eigenvalue weighted by molar-refractivity contribution is 5.86. The molecule has 0 saturated carbocycles. The Balaban J connectivity index is 1.58. The van der Waals surface area contributed by atoms with E-state index in [1.54, 1.807) is 23.0 Å². The Bertz CT molecular complexity index is 1250.